The molecule has 2 aliphatic heterocycles. The second-order valence-corrected chi connectivity index (χ2v) is 6.83. The molecule has 2 aliphatic rings. The van der Waals surface area contributed by atoms with E-state index < -0.39 is 19.2 Å². The third-order valence-electron chi connectivity index (χ3n) is 4.56. The standard InChI is InChI=1S/C19H27F3N4O2/c1-13(14-7-9-25(3)16(11-14)23-2)24-18(27)15-5-6-17(26(4)12-15)28-10-8-19(20,21)22/h5-7,11,13,23H,8-10,12H2,1-4H3,(H,24,27). The van der Waals surface area contributed by atoms with E-state index in [1.807, 2.05) is 27.1 Å². The minimum atomic E-state index is -4.25. The van der Waals surface area contributed by atoms with Gasteiger partial charge in [0, 0.05) is 33.3 Å². The van der Waals surface area contributed by atoms with E-state index in [1.165, 1.54) is 6.08 Å². The van der Waals surface area contributed by atoms with Gasteiger partial charge in [0.1, 0.15) is 5.82 Å². The van der Waals surface area contributed by atoms with Gasteiger partial charge in [-0.2, -0.15) is 13.2 Å². The molecule has 156 valence electrons. The highest BCUT2D eigenvalue weighted by Gasteiger charge is 2.28. The molecule has 1 unspecified atom stereocenters. The van der Waals surface area contributed by atoms with Crippen molar-refractivity contribution in [3.8, 4) is 0 Å². The number of hydrogen-bond donors (Lipinski definition) is 2. The quantitative estimate of drug-likeness (QED) is 0.686. The normalized spacial score (nSPS) is 18.5. The van der Waals surface area contributed by atoms with Crippen LogP contribution in [0, 0.1) is 0 Å². The van der Waals surface area contributed by atoms with E-state index >= 15 is 0 Å². The van der Waals surface area contributed by atoms with Gasteiger partial charge in [0.2, 0.25) is 5.91 Å². The number of likely N-dealkylation sites (N-methyl/N-ethyl adjacent to an activating group) is 2. The number of carbonyl (C=O) groups is 1. The highest BCUT2D eigenvalue weighted by molar-refractivity contribution is 5.94. The Labute approximate surface area is 163 Å². The smallest absolute Gasteiger partial charge is 0.392 e. The fourth-order valence-electron chi connectivity index (χ4n) is 2.87. The lowest BCUT2D eigenvalue weighted by molar-refractivity contribution is -0.143. The van der Waals surface area contributed by atoms with Crippen molar-refractivity contribution < 1.29 is 22.7 Å². The number of hydrogen-bond acceptors (Lipinski definition) is 5. The molecule has 0 saturated heterocycles. The van der Waals surface area contributed by atoms with Crippen LogP contribution >= 0.6 is 0 Å². The molecule has 1 atom stereocenters. The predicted molar refractivity (Wildman–Crippen MR) is 101 cm³/mol. The number of carbonyl (C=O) groups excluding carboxylic acids is 1. The van der Waals surface area contributed by atoms with Crippen molar-refractivity contribution in [2.24, 2.45) is 0 Å². The van der Waals surface area contributed by atoms with Gasteiger partial charge >= 0.3 is 6.18 Å². The first-order valence-corrected chi connectivity index (χ1v) is 9.03. The van der Waals surface area contributed by atoms with E-state index in [9.17, 15) is 18.0 Å². The van der Waals surface area contributed by atoms with Crippen LogP contribution in [-0.4, -0.2) is 68.8 Å². The Kier molecular flexibility index (Phi) is 7.04. The van der Waals surface area contributed by atoms with Crippen LogP contribution in [0.2, 0.25) is 0 Å². The first-order valence-electron chi connectivity index (χ1n) is 9.03. The largest absolute Gasteiger partial charge is 0.479 e. The summed E-state index contributed by atoms with van der Waals surface area (Å²) in [5, 5.41) is 6.08. The van der Waals surface area contributed by atoms with E-state index in [1.54, 1.807) is 18.0 Å². The van der Waals surface area contributed by atoms with Crippen LogP contribution < -0.4 is 10.6 Å². The second kappa shape index (κ2) is 9.07. The summed E-state index contributed by atoms with van der Waals surface area (Å²) in [6.45, 7) is 2.47. The van der Waals surface area contributed by atoms with E-state index in [-0.39, 0.29) is 18.5 Å². The summed E-state index contributed by atoms with van der Waals surface area (Å²) in [6, 6.07) is -0.177. The van der Waals surface area contributed by atoms with Crippen LogP contribution in [0.25, 0.3) is 0 Å². The highest BCUT2D eigenvalue weighted by Crippen LogP contribution is 2.21. The number of rotatable bonds is 7. The van der Waals surface area contributed by atoms with Crippen molar-refractivity contribution in [3.63, 3.8) is 0 Å². The van der Waals surface area contributed by atoms with E-state index in [0.717, 1.165) is 17.9 Å². The summed E-state index contributed by atoms with van der Waals surface area (Å²) < 4.78 is 41.8. The van der Waals surface area contributed by atoms with Crippen LogP contribution in [0.15, 0.2) is 47.2 Å². The van der Waals surface area contributed by atoms with Gasteiger partial charge in [0.05, 0.1) is 25.6 Å². The van der Waals surface area contributed by atoms with Crippen molar-refractivity contribution in [2.75, 3.05) is 40.8 Å². The monoisotopic (exact) mass is 400 g/mol. The van der Waals surface area contributed by atoms with Gasteiger partial charge in [0.15, 0.2) is 5.88 Å². The average Bonchev–Trinajstić information content (AvgIpc) is 2.62. The highest BCUT2D eigenvalue weighted by atomic mass is 19.4. The fourth-order valence-corrected chi connectivity index (χ4v) is 2.87. The summed E-state index contributed by atoms with van der Waals surface area (Å²) in [5.41, 5.74) is 1.52. The van der Waals surface area contributed by atoms with Gasteiger partial charge < -0.3 is 25.2 Å². The molecule has 0 aromatic heterocycles. The Bertz CT molecular complexity index is 710. The molecule has 0 aromatic rings. The minimum absolute atomic E-state index is 0.177. The summed E-state index contributed by atoms with van der Waals surface area (Å²) >= 11 is 0. The number of ether oxygens (including phenoxy) is 1. The number of halogens is 3. The molecule has 0 aliphatic carbocycles. The fraction of sp³-hybridized carbons (Fsp3) is 0.526. The van der Waals surface area contributed by atoms with Gasteiger partial charge in [-0.1, -0.05) is 6.08 Å². The molecular weight excluding hydrogens is 373 g/mol. The van der Waals surface area contributed by atoms with Crippen LogP contribution in [0.4, 0.5) is 13.2 Å². The maximum absolute atomic E-state index is 12.6. The molecule has 0 bridgehead atoms. The molecule has 0 fully saturated rings. The maximum atomic E-state index is 12.6. The van der Waals surface area contributed by atoms with Gasteiger partial charge in [0.25, 0.3) is 0 Å². The molecule has 6 nitrogen and oxygen atoms in total. The summed E-state index contributed by atoms with van der Waals surface area (Å²) in [4.78, 5) is 16.2. The molecule has 9 heteroatoms. The first-order chi connectivity index (χ1) is 13.1. The van der Waals surface area contributed by atoms with E-state index in [2.05, 4.69) is 21.6 Å². The first kappa shape index (κ1) is 21.7. The molecule has 0 aromatic carbocycles. The van der Waals surface area contributed by atoms with Crippen LogP contribution in [0.1, 0.15) is 13.3 Å². The zero-order valence-corrected chi connectivity index (χ0v) is 16.6. The predicted octanol–water partition coefficient (Wildman–Crippen LogP) is 2.11. The molecule has 0 saturated carbocycles. The lowest BCUT2D eigenvalue weighted by atomic mass is 10.0. The summed E-state index contributed by atoms with van der Waals surface area (Å²) in [6.07, 6.45) is 1.88. The molecule has 1 amide bonds. The minimum Gasteiger partial charge on any atom is -0.479 e. The van der Waals surface area contributed by atoms with Crippen LogP contribution in [-0.2, 0) is 9.53 Å². The van der Waals surface area contributed by atoms with E-state index in [0.29, 0.717) is 11.5 Å². The third-order valence-corrected chi connectivity index (χ3v) is 4.56. The summed E-state index contributed by atoms with van der Waals surface area (Å²) in [5.74, 6) is 1.07. The van der Waals surface area contributed by atoms with Crippen molar-refractivity contribution in [1.82, 2.24) is 20.4 Å². The maximum Gasteiger partial charge on any atom is 0.392 e. The van der Waals surface area contributed by atoms with Gasteiger partial charge in [-0.3, -0.25) is 4.79 Å². The van der Waals surface area contributed by atoms with Crippen LogP contribution in [0.3, 0.4) is 0 Å². The number of allylic oxidation sites excluding steroid dienone is 2. The Morgan fingerprint density at radius 2 is 2.00 bits per heavy atom. The molecule has 0 radical (unpaired) electrons. The zero-order valence-electron chi connectivity index (χ0n) is 16.6. The van der Waals surface area contributed by atoms with Gasteiger partial charge in [-0.05, 0) is 30.7 Å². The van der Waals surface area contributed by atoms with Crippen molar-refractivity contribution >= 4 is 5.91 Å². The van der Waals surface area contributed by atoms with Crippen molar-refractivity contribution in [3.05, 3.63) is 47.2 Å². The number of amides is 1. The zero-order chi connectivity index (χ0) is 20.9. The van der Waals surface area contributed by atoms with Crippen molar-refractivity contribution in [1.29, 1.82) is 0 Å². The Balaban J connectivity index is 1.94. The lowest BCUT2D eigenvalue weighted by Gasteiger charge is -2.29. The van der Waals surface area contributed by atoms with Gasteiger partial charge in [-0.15, -0.1) is 0 Å². The van der Waals surface area contributed by atoms with Crippen molar-refractivity contribution in [2.45, 2.75) is 25.6 Å². The molecule has 28 heavy (non-hydrogen) atoms. The SMILES string of the molecule is CNC1=CC(C(C)NC(=O)C2=CC=C(OCCC(F)(F)F)N(C)C2)=CCN1C. The second-order valence-electron chi connectivity index (χ2n) is 6.83. The lowest BCUT2D eigenvalue weighted by Crippen LogP contribution is -2.40. The number of nitrogens with zero attached hydrogens (tertiary/aromatic N) is 2. The number of nitrogens with one attached hydrogen (secondary N) is 2. The Morgan fingerprint density at radius 1 is 1.29 bits per heavy atom. The third kappa shape index (κ3) is 5.97. The van der Waals surface area contributed by atoms with Gasteiger partial charge in [-0.25, -0.2) is 0 Å². The summed E-state index contributed by atoms with van der Waals surface area (Å²) in [7, 11) is 5.49. The molecular formula is C19H27F3N4O2. The molecule has 2 heterocycles. The molecule has 2 N–H and O–H groups in total. The van der Waals surface area contributed by atoms with E-state index in [4.69, 9.17) is 4.74 Å². The van der Waals surface area contributed by atoms with Crippen LogP contribution in [0.5, 0.6) is 0 Å². The molecule has 0 spiro atoms. The number of alkyl halides is 3. The average molecular weight is 400 g/mol. The molecule has 2 rings (SSSR count). The topological polar surface area (TPSA) is 56.8 Å². The Hall–Kier alpha value is -2.58. The Morgan fingerprint density at radius 3 is 2.61 bits per heavy atom.